The lowest BCUT2D eigenvalue weighted by molar-refractivity contribution is 0.147. The van der Waals surface area contributed by atoms with Crippen LogP contribution in [0, 0.1) is 5.92 Å². The van der Waals surface area contributed by atoms with Crippen molar-refractivity contribution < 1.29 is 5.11 Å². The molecule has 0 saturated carbocycles. The van der Waals surface area contributed by atoms with Gasteiger partial charge in [0.15, 0.2) is 0 Å². The van der Waals surface area contributed by atoms with E-state index < -0.39 is 0 Å². The summed E-state index contributed by atoms with van der Waals surface area (Å²) in [6, 6.07) is 0. The third-order valence-electron chi connectivity index (χ3n) is 2.98. The molecule has 3 nitrogen and oxygen atoms in total. The Hall–Kier alpha value is -0.380. The van der Waals surface area contributed by atoms with Gasteiger partial charge in [-0.1, -0.05) is 12.2 Å². The number of hydrogen-bond acceptors (Lipinski definition) is 3. The fourth-order valence-corrected chi connectivity index (χ4v) is 2.05. The smallest absolute Gasteiger partial charge is 0.0558 e. The van der Waals surface area contributed by atoms with E-state index in [0.29, 0.717) is 6.61 Å². The van der Waals surface area contributed by atoms with Crippen LogP contribution in [0.4, 0.5) is 0 Å². The average Bonchev–Trinajstić information content (AvgIpc) is 2.20. The van der Waals surface area contributed by atoms with Gasteiger partial charge in [-0.15, -0.1) is 0 Å². The Morgan fingerprint density at radius 1 is 1.47 bits per heavy atom. The van der Waals surface area contributed by atoms with Crippen molar-refractivity contribution in [3.05, 3.63) is 12.2 Å². The summed E-state index contributed by atoms with van der Waals surface area (Å²) >= 11 is 0. The molecule has 0 aromatic rings. The number of piperidine rings is 1. The van der Waals surface area contributed by atoms with Crippen LogP contribution in [0.15, 0.2) is 12.2 Å². The van der Waals surface area contributed by atoms with Gasteiger partial charge in [-0.3, -0.25) is 0 Å². The van der Waals surface area contributed by atoms with Crippen LogP contribution in [0.5, 0.6) is 0 Å². The van der Waals surface area contributed by atoms with Crippen molar-refractivity contribution in [1.82, 2.24) is 10.2 Å². The van der Waals surface area contributed by atoms with E-state index >= 15 is 0 Å². The van der Waals surface area contributed by atoms with E-state index in [1.807, 2.05) is 0 Å². The topological polar surface area (TPSA) is 35.5 Å². The van der Waals surface area contributed by atoms with E-state index in [-0.39, 0.29) is 0 Å². The van der Waals surface area contributed by atoms with Gasteiger partial charge in [0.1, 0.15) is 0 Å². The third-order valence-corrected chi connectivity index (χ3v) is 2.98. The van der Waals surface area contributed by atoms with Crippen LogP contribution in [0.25, 0.3) is 0 Å². The molecule has 0 aromatic heterocycles. The predicted octanol–water partition coefficient (Wildman–Crippen LogP) is 0.856. The number of hydrogen-bond donors (Lipinski definition) is 2. The first-order chi connectivity index (χ1) is 7.22. The Kier molecular flexibility index (Phi) is 5.91. The SMILES string of the molecule is C=C(C)CNCC1CCN(CCO)CC1. The highest BCUT2D eigenvalue weighted by Crippen LogP contribution is 2.15. The predicted molar refractivity (Wildman–Crippen MR) is 63.9 cm³/mol. The van der Waals surface area contributed by atoms with Gasteiger partial charge < -0.3 is 15.3 Å². The van der Waals surface area contributed by atoms with E-state index in [4.69, 9.17) is 5.11 Å². The molecule has 15 heavy (non-hydrogen) atoms. The minimum Gasteiger partial charge on any atom is -0.395 e. The molecule has 0 amide bonds. The maximum Gasteiger partial charge on any atom is 0.0558 e. The van der Waals surface area contributed by atoms with Crippen molar-refractivity contribution in [1.29, 1.82) is 0 Å². The van der Waals surface area contributed by atoms with Gasteiger partial charge in [0.05, 0.1) is 6.61 Å². The fraction of sp³-hybridized carbons (Fsp3) is 0.833. The van der Waals surface area contributed by atoms with Crippen molar-refractivity contribution in [3.63, 3.8) is 0 Å². The maximum atomic E-state index is 8.82. The average molecular weight is 212 g/mol. The zero-order valence-electron chi connectivity index (χ0n) is 9.84. The minimum absolute atomic E-state index is 0.290. The lowest BCUT2D eigenvalue weighted by Crippen LogP contribution is -2.38. The van der Waals surface area contributed by atoms with Gasteiger partial charge >= 0.3 is 0 Å². The first kappa shape index (κ1) is 12.7. The number of aliphatic hydroxyl groups is 1. The van der Waals surface area contributed by atoms with Crippen molar-refractivity contribution in [3.8, 4) is 0 Å². The summed E-state index contributed by atoms with van der Waals surface area (Å²) in [6.07, 6.45) is 2.51. The van der Waals surface area contributed by atoms with Crippen LogP contribution in [-0.4, -0.2) is 49.3 Å². The second kappa shape index (κ2) is 6.99. The second-order valence-corrected chi connectivity index (χ2v) is 4.60. The fourth-order valence-electron chi connectivity index (χ4n) is 2.05. The third kappa shape index (κ3) is 5.30. The number of aliphatic hydroxyl groups excluding tert-OH is 1. The van der Waals surface area contributed by atoms with Crippen molar-refractivity contribution in [2.75, 3.05) is 39.3 Å². The summed E-state index contributed by atoms with van der Waals surface area (Å²) in [7, 11) is 0. The van der Waals surface area contributed by atoms with Crippen molar-refractivity contribution in [2.24, 2.45) is 5.92 Å². The van der Waals surface area contributed by atoms with Crippen LogP contribution < -0.4 is 5.32 Å². The van der Waals surface area contributed by atoms with Gasteiger partial charge in [-0.25, -0.2) is 0 Å². The molecule has 0 unspecified atom stereocenters. The van der Waals surface area contributed by atoms with Gasteiger partial charge in [-0.2, -0.15) is 0 Å². The molecule has 1 rings (SSSR count). The molecule has 88 valence electrons. The highest BCUT2D eigenvalue weighted by atomic mass is 16.3. The molecule has 2 N–H and O–H groups in total. The number of nitrogens with zero attached hydrogens (tertiary/aromatic N) is 1. The Balaban J connectivity index is 2.06. The molecule has 1 fully saturated rings. The zero-order chi connectivity index (χ0) is 11.1. The second-order valence-electron chi connectivity index (χ2n) is 4.60. The molecule has 0 spiro atoms. The molecule has 1 aliphatic heterocycles. The molecular weight excluding hydrogens is 188 g/mol. The first-order valence-electron chi connectivity index (χ1n) is 5.90. The van der Waals surface area contributed by atoms with E-state index in [9.17, 15) is 0 Å². The lowest BCUT2D eigenvalue weighted by Gasteiger charge is -2.31. The summed E-state index contributed by atoms with van der Waals surface area (Å²) in [5.74, 6) is 0.805. The van der Waals surface area contributed by atoms with Crippen molar-refractivity contribution in [2.45, 2.75) is 19.8 Å². The van der Waals surface area contributed by atoms with Gasteiger partial charge in [0, 0.05) is 13.1 Å². The van der Waals surface area contributed by atoms with Crippen LogP contribution in [-0.2, 0) is 0 Å². The molecular formula is C12H24N2O. The Labute approximate surface area is 93.2 Å². The molecule has 1 heterocycles. The summed E-state index contributed by atoms with van der Waals surface area (Å²) in [5.41, 5.74) is 1.20. The summed E-state index contributed by atoms with van der Waals surface area (Å²) in [4.78, 5) is 2.34. The van der Waals surface area contributed by atoms with E-state index in [0.717, 1.165) is 38.6 Å². The van der Waals surface area contributed by atoms with Crippen LogP contribution in [0.1, 0.15) is 19.8 Å². The lowest BCUT2D eigenvalue weighted by atomic mass is 9.97. The normalized spacial score (nSPS) is 19.3. The molecule has 1 aliphatic rings. The highest BCUT2D eigenvalue weighted by Gasteiger charge is 2.17. The molecule has 0 bridgehead atoms. The minimum atomic E-state index is 0.290. The van der Waals surface area contributed by atoms with Gasteiger partial charge in [0.25, 0.3) is 0 Å². The number of nitrogens with one attached hydrogen (secondary N) is 1. The maximum absolute atomic E-state index is 8.82. The molecule has 1 saturated heterocycles. The molecule has 0 radical (unpaired) electrons. The zero-order valence-corrected chi connectivity index (χ0v) is 9.84. The Morgan fingerprint density at radius 3 is 2.67 bits per heavy atom. The highest BCUT2D eigenvalue weighted by molar-refractivity contribution is 4.90. The summed E-state index contributed by atoms with van der Waals surface area (Å²) in [5, 5.41) is 12.3. The summed E-state index contributed by atoms with van der Waals surface area (Å²) < 4.78 is 0. The Morgan fingerprint density at radius 2 is 2.13 bits per heavy atom. The number of β-amino-alcohol motifs (C(OH)–C–C–N with tert-alkyl or cyclic N) is 1. The summed E-state index contributed by atoms with van der Waals surface area (Å²) in [6.45, 7) is 11.4. The quantitative estimate of drug-likeness (QED) is 0.641. The van der Waals surface area contributed by atoms with Crippen molar-refractivity contribution >= 4 is 0 Å². The van der Waals surface area contributed by atoms with Gasteiger partial charge in [-0.05, 0) is 45.3 Å². The molecule has 0 aromatic carbocycles. The van der Waals surface area contributed by atoms with E-state index in [2.05, 4.69) is 23.7 Å². The van der Waals surface area contributed by atoms with Crippen LogP contribution >= 0.6 is 0 Å². The van der Waals surface area contributed by atoms with Gasteiger partial charge in [0.2, 0.25) is 0 Å². The number of rotatable bonds is 6. The largest absolute Gasteiger partial charge is 0.395 e. The molecule has 3 heteroatoms. The molecule has 0 aliphatic carbocycles. The van der Waals surface area contributed by atoms with E-state index in [1.54, 1.807) is 0 Å². The van der Waals surface area contributed by atoms with E-state index in [1.165, 1.54) is 18.4 Å². The first-order valence-corrected chi connectivity index (χ1v) is 5.90. The monoisotopic (exact) mass is 212 g/mol. The van der Waals surface area contributed by atoms with Crippen LogP contribution in [0.2, 0.25) is 0 Å². The Bertz CT molecular complexity index is 186. The van der Waals surface area contributed by atoms with Crippen LogP contribution in [0.3, 0.4) is 0 Å². The molecule has 0 atom stereocenters. The standard InChI is InChI=1S/C12H24N2O/c1-11(2)9-13-10-12-3-5-14(6-4-12)7-8-15/h12-13,15H,1,3-10H2,2H3. The number of likely N-dealkylation sites (tertiary alicyclic amines) is 1.